The maximum atomic E-state index is 11.4. The minimum absolute atomic E-state index is 0.124. The fourth-order valence-electron chi connectivity index (χ4n) is 2.91. The zero-order valence-electron chi connectivity index (χ0n) is 11.6. The molecule has 0 aromatic heterocycles. The third kappa shape index (κ3) is 1.64. The van der Waals surface area contributed by atoms with Crippen LogP contribution < -0.4 is 0 Å². The van der Waals surface area contributed by atoms with Crippen LogP contribution in [0.4, 0.5) is 5.69 Å². The van der Waals surface area contributed by atoms with Crippen molar-refractivity contribution in [3.8, 4) is 0 Å². The highest BCUT2D eigenvalue weighted by molar-refractivity contribution is 6.48. The molecule has 0 radical (unpaired) electrons. The molecule has 1 N–H and O–H groups in total. The number of benzene rings is 1. The van der Waals surface area contributed by atoms with E-state index in [9.17, 15) is 9.90 Å². The summed E-state index contributed by atoms with van der Waals surface area (Å²) in [6.07, 6.45) is 3.13. The van der Waals surface area contributed by atoms with Crippen molar-refractivity contribution >= 4 is 28.7 Å². The Bertz CT molecular complexity index is 679. The van der Waals surface area contributed by atoms with Gasteiger partial charge in [-0.25, -0.2) is 9.79 Å². The van der Waals surface area contributed by atoms with Gasteiger partial charge in [-0.15, -0.1) is 0 Å². The van der Waals surface area contributed by atoms with E-state index >= 15 is 0 Å². The van der Waals surface area contributed by atoms with Crippen LogP contribution in [0.15, 0.2) is 40.3 Å². The van der Waals surface area contributed by atoms with Crippen LogP contribution >= 0.6 is 0 Å². The lowest BCUT2D eigenvalue weighted by Crippen LogP contribution is -2.40. The van der Waals surface area contributed by atoms with Gasteiger partial charge in [0.2, 0.25) is 0 Å². The van der Waals surface area contributed by atoms with Gasteiger partial charge in [-0.05, 0) is 25.0 Å². The fourth-order valence-corrected chi connectivity index (χ4v) is 2.91. The highest BCUT2D eigenvalue weighted by atomic mass is 16.4. The first-order valence-corrected chi connectivity index (χ1v) is 6.85. The normalized spacial score (nSPS) is 18.6. The molecular formula is C16H16N2O2. The number of para-hydroxylation sites is 1. The molecule has 0 saturated heterocycles. The first-order chi connectivity index (χ1) is 9.61. The van der Waals surface area contributed by atoms with Crippen LogP contribution in [-0.4, -0.2) is 28.0 Å². The van der Waals surface area contributed by atoms with Gasteiger partial charge in [0.05, 0.1) is 11.4 Å². The van der Waals surface area contributed by atoms with Gasteiger partial charge in [0.25, 0.3) is 0 Å². The molecule has 0 unspecified atom stereocenters. The quantitative estimate of drug-likeness (QED) is 0.914. The smallest absolute Gasteiger partial charge is 0.354 e. The molecule has 3 rings (SSSR count). The van der Waals surface area contributed by atoms with Gasteiger partial charge in [0.15, 0.2) is 0 Å². The Morgan fingerprint density at radius 1 is 1.25 bits per heavy atom. The van der Waals surface area contributed by atoms with Crippen LogP contribution in [0, 0.1) is 0 Å². The summed E-state index contributed by atoms with van der Waals surface area (Å²) in [5, 5.41) is 9.31. The lowest BCUT2D eigenvalue weighted by Gasteiger charge is -2.31. The number of aliphatic imine (C=N–C) groups is 2. The van der Waals surface area contributed by atoms with Crippen molar-refractivity contribution in [2.45, 2.75) is 32.2 Å². The Hall–Kier alpha value is -2.23. The van der Waals surface area contributed by atoms with Gasteiger partial charge in [0, 0.05) is 11.1 Å². The molecule has 0 aliphatic carbocycles. The second-order valence-corrected chi connectivity index (χ2v) is 5.08. The summed E-state index contributed by atoms with van der Waals surface area (Å²) in [5.74, 6) is -0.979. The fraction of sp³-hybridized carbons (Fsp3) is 0.312. The van der Waals surface area contributed by atoms with Gasteiger partial charge in [-0.2, -0.15) is 0 Å². The number of carboxylic acid groups (broad SMARTS) is 1. The second-order valence-electron chi connectivity index (χ2n) is 5.08. The molecule has 2 aliphatic rings. The van der Waals surface area contributed by atoms with E-state index in [1.54, 1.807) is 6.08 Å². The summed E-state index contributed by atoms with van der Waals surface area (Å²) in [4.78, 5) is 20.6. The molecule has 1 aromatic rings. The van der Waals surface area contributed by atoms with Crippen LogP contribution in [0.25, 0.3) is 5.57 Å². The first kappa shape index (κ1) is 12.8. The number of carboxylic acids is 1. The average molecular weight is 268 g/mol. The molecule has 0 amide bonds. The molecule has 2 aliphatic heterocycles. The molecular weight excluding hydrogens is 252 g/mol. The number of fused-ring (bicyclic) bond motifs is 3. The summed E-state index contributed by atoms with van der Waals surface area (Å²) in [6.45, 7) is 4.06. The van der Waals surface area contributed by atoms with Gasteiger partial charge >= 0.3 is 5.97 Å². The van der Waals surface area contributed by atoms with Crippen LogP contribution in [-0.2, 0) is 4.79 Å². The molecule has 20 heavy (non-hydrogen) atoms. The Morgan fingerprint density at radius 3 is 2.60 bits per heavy atom. The number of aliphatic carboxylic acids is 1. The lowest BCUT2D eigenvalue weighted by molar-refractivity contribution is -0.129. The first-order valence-electron chi connectivity index (χ1n) is 6.85. The SMILES string of the molecule is CCC1(CC)N=C(C(=O)O)C=C2C1=Nc1ccccc12. The van der Waals surface area contributed by atoms with Crippen molar-refractivity contribution in [1.29, 1.82) is 0 Å². The second kappa shape index (κ2) is 4.40. The van der Waals surface area contributed by atoms with E-state index in [1.165, 1.54) is 0 Å². The van der Waals surface area contributed by atoms with Crippen LogP contribution in [0.1, 0.15) is 32.3 Å². The van der Waals surface area contributed by atoms with Crippen molar-refractivity contribution in [3.63, 3.8) is 0 Å². The molecule has 0 atom stereocenters. The largest absolute Gasteiger partial charge is 0.477 e. The predicted octanol–water partition coefficient (Wildman–Crippen LogP) is 3.25. The molecule has 0 saturated carbocycles. The topological polar surface area (TPSA) is 62.0 Å². The highest BCUT2D eigenvalue weighted by Crippen LogP contribution is 2.43. The summed E-state index contributed by atoms with van der Waals surface area (Å²) in [5.41, 5.74) is 3.34. The Kier molecular flexibility index (Phi) is 2.82. The molecule has 102 valence electrons. The standard InChI is InChI=1S/C16H16N2O2/c1-3-16(4-2)14-11(9-13(18-16)15(19)20)10-7-5-6-8-12(10)17-14/h5-9H,3-4H2,1-2H3,(H,19,20). The number of nitrogens with zero attached hydrogens (tertiary/aromatic N) is 2. The number of dihydropyridines is 1. The third-order valence-corrected chi connectivity index (χ3v) is 4.13. The van der Waals surface area contributed by atoms with E-state index in [4.69, 9.17) is 4.99 Å². The number of hydrogen-bond donors (Lipinski definition) is 1. The van der Waals surface area contributed by atoms with Crippen LogP contribution in [0.3, 0.4) is 0 Å². The average Bonchev–Trinajstić information content (AvgIpc) is 2.85. The molecule has 2 heterocycles. The maximum Gasteiger partial charge on any atom is 0.354 e. The number of hydrogen-bond acceptors (Lipinski definition) is 3. The molecule has 4 heteroatoms. The highest BCUT2D eigenvalue weighted by Gasteiger charge is 2.41. The van der Waals surface area contributed by atoms with Gasteiger partial charge in [0.1, 0.15) is 11.3 Å². The Balaban J connectivity index is 2.25. The minimum atomic E-state index is -0.979. The van der Waals surface area contributed by atoms with Crippen molar-refractivity contribution in [3.05, 3.63) is 35.9 Å². The van der Waals surface area contributed by atoms with Crippen LogP contribution in [0.2, 0.25) is 0 Å². The monoisotopic (exact) mass is 268 g/mol. The maximum absolute atomic E-state index is 11.4. The Labute approximate surface area is 117 Å². The third-order valence-electron chi connectivity index (χ3n) is 4.13. The zero-order chi connectivity index (χ0) is 14.3. The molecule has 0 spiro atoms. The summed E-state index contributed by atoms with van der Waals surface area (Å²) >= 11 is 0. The number of rotatable bonds is 3. The summed E-state index contributed by atoms with van der Waals surface area (Å²) < 4.78 is 0. The molecule has 0 bridgehead atoms. The predicted molar refractivity (Wildman–Crippen MR) is 79.9 cm³/mol. The Morgan fingerprint density at radius 2 is 1.95 bits per heavy atom. The van der Waals surface area contributed by atoms with Crippen molar-refractivity contribution in [2.75, 3.05) is 0 Å². The summed E-state index contributed by atoms with van der Waals surface area (Å²) in [7, 11) is 0. The zero-order valence-corrected chi connectivity index (χ0v) is 11.6. The van der Waals surface area contributed by atoms with Gasteiger partial charge in [-0.1, -0.05) is 32.0 Å². The van der Waals surface area contributed by atoms with E-state index in [-0.39, 0.29) is 5.71 Å². The molecule has 0 fully saturated rings. The molecule has 4 nitrogen and oxygen atoms in total. The molecule has 1 aromatic carbocycles. The van der Waals surface area contributed by atoms with Crippen LogP contribution in [0.5, 0.6) is 0 Å². The van der Waals surface area contributed by atoms with Crippen molar-refractivity contribution in [1.82, 2.24) is 0 Å². The summed E-state index contributed by atoms with van der Waals surface area (Å²) in [6, 6.07) is 7.83. The van der Waals surface area contributed by atoms with E-state index in [0.717, 1.165) is 35.4 Å². The van der Waals surface area contributed by atoms with E-state index in [1.807, 2.05) is 38.1 Å². The van der Waals surface area contributed by atoms with E-state index in [2.05, 4.69) is 4.99 Å². The minimum Gasteiger partial charge on any atom is -0.477 e. The van der Waals surface area contributed by atoms with E-state index in [0.29, 0.717) is 0 Å². The van der Waals surface area contributed by atoms with Gasteiger partial charge < -0.3 is 5.11 Å². The van der Waals surface area contributed by atoms with Gasteiger partial charge in [-0.3, -0.25) is 4.99 Å². The number of carbonyl (C=O) groups is 1. The van der Waals surface area contributed by atoms with Crippen molar-refractivity contribution < 1.29 is 9.90 Å². The lowest BCUT2D eigenvalue weighted by atomic mass is 9.80. The van der Waals surface area contributed by atoms with Crippen molar-refractivity contribution in [2.24, 2.45) is 9.98 Å². The van der Waals surface area contributed by atoms with E-state index < -0.39 is 11.5 Å².